The fourth-order valence-electron chi connectivity index (χ4n) is 5.62. The summed E-state index contributed by atoms with van der Waals surface area (Å²) in [7, 11) is 3.63. The molecule has 14 heteroatoms. The minimum Gasteiger partial charge on any atom is -0.494 e. The summed E-state index contributed by atoms with van der Waals surface area (Å²) in [4.78, 5) is 31.5. The number of hydrogen-bond acceptors (Lipinski definition) is 10. The smallest absolute Gasteiger partial charge is 0.247 e. The average molecular weight is 662 g/mol. The molecule has 0 unspecified atom stereocenters. The van der Waals surface area contributed by atoms with Crippen molar-refractivity contribution in [1.29, 1.82) is 0 Å². The van der Waals surface area contributed by atoms with Gasteiger partial charge in [-0.05, 0) is 49.0 Å². The maximum atomic E-state index is 14.8. The van der Waals surface area contributed by atoms with E-state index in [0.29, 0.717) is 47.4 Å². The molecule has 0 spiro atoms. The number of aromatic nitrogens is 2. The van der Waals surface area contributed by atoms with E-state index in [1.165, 1.54) is 23.5 Å². The van der Waals surface area contributed by atoms with Crippen molar-refractivity contribution < 1.29 is 32.3 Å². The van der Waals surface area contributed by atoms with Crippen LogP contribution < -0.4 is 30.1 Å². The average Bonchev–Trinajstić information content (AvgIpc) is 3.57. The molecule has 1 aromatic heterocycles. The number of carbonyl (C=O) groups is 1. The van der Waals surface area contributed by atoms with Crippen LogP contribution >= 0.6 is 0 Å². The number of nitrogens with zero attached hydrogens (tertiary/aromatic N) is 5. The Morgan fingerprint density at radius 3 is 2.56 bits per heavy atom. The molecule has 0 radical (unpaired) electrons. The molecular formula is C34H34F3N7O4. The number of nitrogens with one attached hydrogen (secondary N) is 2. The van der Waals surface area contributed by atoms with E-state index in [1.807, 2.05) is 6.07 Å². The van der Waals surface area contributed by atoms with Crippen molar-refractivity contribution in [3.05, 3.63) is 96.6 Å². The first-order valence-electron chi connectivity index (χ1n) is 15.2. The van der Waals surface area contributed by atoms with Gasteiger partial charge in [0.05, 0.1) is 36.8 Å². The second-order valence-corrected chi connectivity index (χ2v) is 11.3. The van der Waals surface area contributed by atoms with Crippen LogP contribution in [0.3, 0.4) is 0 Å². The van der Waals surface area contributed by atoms with Crippen molar-refractivity contribution in [2.45, 2.75) is 12.5 Å². The molecule has 1 amide bonds. The molecule has 48 heavy (non-hydrogen) atoms. The molecule has 2 fully saturated rings. The van der Waals surface area contributed by atoms with E-state index in [9.17, 15) is 18.0 Å². The standard InChI is InChI=1S/C34H34F3N7O4/c1-4-34(45)41-26-17-27(31(46-3)18-29(26)43-10-8-42(2)9-11-43)40-32-19-33(39-20-38-32)44-28(7-12-47-44)21-13-23(36)15-24(14-21)48-30-16-22(35)5-6-25(30)37/h4-6,13-20,28H,1,7-12H2,2-3H3,(H,41,45)(H,38,39,40)/t28-/m1/s1. The van der Waals surface area contributed by atoms with Crippen LogP contribution in [-0.4, -0.2) is 67.7 Å². The van der Waals surface area contributed by atoms with Gasteiger partial charge >= 0.3 is 0 Å². The molecule has 3 aromatic carbocycles. The fraction of sp³-hybridized carbons (Fsp3) is 0.265. The molecule has 2 N–H and O–H groups in total. The van der Waals surface area contributed by atoms with Crippen LogP contribution in [0.4, 0.5) is 41.9 Å². The molecule has 4 aromatic rings. The van der Waals surface area contributed by atoms with Crippen molar-refractivity contribution in [3.8, 4) is 17.2 Å². The topological polar surface area (TPSA) is 104 Å². The van der Waals surface area contributed by atoms with Crippen LogP contribution in [0.2, 0.25) is 0 Å². The van der Waals surface area contributed by atoms with Gasteiger partial charge in [0, 0.05) is 56.9 Å². The van der Waals surface area contributed by atoms with Gasteiger partial charge in [0.15, 0.2) is 17.4 Å². The van der Waals surface area contributed by atoms with E-state index in [-0.39, 0.29) is 17.4 Å². The van der Waals surface area contributed by atoms with E-state index in [0.717, 1.165) is 56.1 Å². The Kier molecular flexibility index (Phi) is 9.64. The number of methoxy groups -OCH3 is 1. The lowest BCUT2D eigenvalue weighted by Crippen LogP contribution is -2.44. The summed E-state index contributed by atoms with van der Waals surface area (Å²) in [6.07, 6.45) is 3.05. The van der Waals surface area contributed by atoms with Gasteiger partial charge in [-0.2, -0.15) is 0 Å². The third-order valence-electron chi connectivity index (χ3n) is 8.05. The number of hydrogen-bond donors (Lipinski definition) is 2. The number of halogens is 3. The van der Waals surface area contributed by atoms with Crippen LogP contribution in [0.25, 0.3) is 0 Å². The predicted octanol–water partition coefficient (Wildman–Crippen LogP) is 6.20. The van der Waals surface area contributed by atoms with E-state index >= 15 is 0 Å². The maximum Gasteiger partial charge on any atom is 0.247 e. The quantitative estimate of drug-likeness (QED) is 0.191. The number of piperazine rings is 1. The molecule has 0 saturated carbocycles. The second kappa shape index (κ2) is 14.2. The van der Waals surface area contributed by atoms with Gasteiger partial charge in [-0.3, -0.25) is 9.63 Å². The fourth-order valence-corrected chi connectivity index (χ4v) is 5.62. The van der Waals surface area contributed by atoms with Crippen LogP contribution in [-0.2, 0) is 9.63 Å². The molecule has 0 bridgehead atoms. The van der Waals surface area contributed by atoms with Gasteiger partial charge in [0.2, 0.25) is 5.91 Å². The van der Waals surface area contributed by atoms with Gasteiger partial charge in [0.1, 0.15) is 35.3 Å². The first-order valence-corrected chi connectivity index (χ1v) is 15.2. The Hall–Kier alpha value is -5.34. The Balaban J connectivity index is 1.26. The number of carbonyl (C=O) groups excluding carboxylic acids is 1. The number of hydroxylamine groups is 1. The zero-order chi connectivity index (χ0) is 33.8. The molecular weight excluding hydrogens is 627 g/mol. The number of amides is 1. The first-order chi connectivity index (χ1) is 23.2. The summed E-state index contributed by atoms with van der Waals surface area (Å²) >= 11 is 0. The van der Waals surface area contributed by atoms with Gasteiger partial charge in [-0.25, -0.2) is 28.2 Å². The first kappa shape index (κ1) is 32.6. The summed E-state index contributed by atoms with van der Waals surface area (Å²) in [5, 5.41) is 7.70. The molecule has 2 saturated heterocycles. The van der Waals surface area contributed by atoms with Gasteiger partial charge in [-0.1, -0.05) is 6.58 Å². The highest BCUT2D eigenvalue weighted by atomic mass is 19.1. The number of rotatable bonds is 10. The van der Waals surface area contributed by atoms with Crippen molar-refractivity contribution in [2.75, 3.05) is 67.5 Å². The largest absolute Gasteiger partial charge is 0.494 e. The Bertz CT molecular complexity index is 1820. The van der Waals surface area contributed by atoms with Crippen LogP contribution in [0, 0.1) is 17.5 Å². The number of likely N-dealkylation sites (N-methyl/N-ethyl adjacent to an activating group) is 1. The summed E-state index contributed by atoms with van der Waals surface area (Å²) in [5.74, 6) is -1.51. The lowest BCUT2D eigenvalue weighted by atomic mass is 10.0. The molecule has 3 heterocycles. The molecule has 11 nitrogen and oxygen atoms in total. The Labute approximate surface area is 275 Å². The molecule has 1 atom stereocenters. The maximum absolute atomic E-state index is 14.8. The van der Waals surface area contributed by atoms with Gasteiger partial charge < -0.3 is 29.9 Å². The highest BCUT2D eigenvalue weighted by Crippen LogP contribution is 2.40. The van der Waals surface area contributed by atoms with E-state index in [4.69, 9.17) is 14.3 Å². The zero-order valence-corrected chi connectivity index (χ0v) is 26.4. The lowest BCUT2D eigenvalue weighted by molar-refractivity contribution is -0.111. The minimum atomic E-state index is -0.783. The van der Waals surface area contributed by atoms with Crippen LogP contribution in [0.15, 0.2) is 73.6 Å². The van der Waals surface area contributed by atoms with E-state index < -0.39 is 23.5 Å². The lowest BCUT2D eigenvalue weighted by Gasteiger charge is -2.35. The third kappa shape index (κ3) is 7.29. The second-order valence-electron chi connectivity index (χ2n) is 11.3. The Morgan fingerprint density at radius 2 is 1.79 bits per heavy atom. The third-order valence-corrected chi connectivity index (χ3v) is 8.05. The normalized spacial score (nSPS) is 16.5. The molecule has 2 aliphatic rings. The molecule has 0 aliphatic carbocycles. The van der Waals surface area contributed by atoms with Gasteiger partial charge in [-0.15, -0.1) is 0 Å². The summed E-state index contributed by atoms with van der Waals surface area (Å²) in [6.45, 7) is 7.19. The van der Waals surface area contributed by atoms with Crippen molar-refractivity contribution in [2.24, 2.45) is 0 Å². The van der Waals surface area contributed by atoms with Crippen molar-refractivity contribution in [1.82, 2.24) is 14.9 Å². The SMILES string of the molecule is C=CC(=O)Nc1cc(Nc2cc(N3OCC[C@@H]3c3cc(F)cc(Oc4cc(F)ccc4F)c3)ncn2)c(OC)cc1N1CCN(C)CC1. The molecule has 2 aliphatic heterocycles. The highest BCUT2D eigenvalue weighted by Gasteiger charge is 2.30. The van der Waals surface area contributed by atoms with Crippen LogP contribution in [0.5, 0.6) is 17.2 Å². The summed E-state index contributed by atoms with van der Waals surface area (Å²) in [5.41, 5.74) is 2.41. The monoisotopic (exact) mass is 661 g/mol. The van der Waals surface area contributed by atoms with E-state index in [1.54, 1.807) is 25.3 Å². The van der Waals surface area contributed by atoms with Gasteiger partial charge in [0.25, 0.3) is 0 Å². The molecule has 250 valence electrons. The number of ether oxygens (including phenoxy) is 2. The number of anilines is 5. The minimum absolute atomic E-state index is 0.00198. The zero-order valence-electron chi connectivity index (χ0n) is 26.4. The van der Waals surface area contributed by atoms with Crippen LogP contribution in [0.1, 0.15) is 18.0 Å². The number of benzene rings is 3. The van der Waals surface area contributed by atoms with Crippen molar-refractivity contribution in [3.63, 3.8) is 0 Å². The highest BCUT2D eigenvalue weighted by molar-refractivity contribution is 6.02. The Morgan fingerprint density at radius 1 is 0.979 bits per heavy atom. The molecule has 6 rings (SSSR count). The summed E-state index contributed by atoms with van der Waals surface area (Å²) < 4.78 is 54.0. The summed E-state index contributed by atoms with van der Waals surface area (Å²) in [6, 6.07) is 11.6. The van der Waals surface area contributed by atoms with E-state index in [2.05, 4.69) is 44.0 Å². The predicted molar refractivity (Wildman–Crippen MR) is 175 cm³/mol. The van der Waals surface area contributed by atoms with Crippen molar-refractivity contribution >= 4 is 34.6 Å².